The van der Waals surface area contributed by atoms with Gasteiger partial charge in [-0.3, -0.25) is 9.59 Å². The molecule has 9 heteroatoms. The van der Waals surface area contributed by atoms with E-state index in [0.717, 1.165) is 12.0 Å². The molecule has 4 rings (SSSR count). The van der Waals surface area contributed by atoms with Crippen molar-refractivity contribution in [3.8, 4) is 17.3 Å². The molecule has 0 radical (unpaired) electrons. The van der Waals surface area contributed by atoms with Crippen LogP contribution in [0.3, 0.4) is 0 Å². The number of hydrogen-bond acceptors (Lipinski definition) is 6. The van der Waals surface area contributed by atoms with Gasteiger partial charge in [-0.1, -0.05) is 53.7 Å². The second-order valence-electron chi connectivity index (χ2n) is 6.80. The van der Waals surface area contributed by atoms with E-state index in [-0.39, 0.29) is 29.7 Å². The number of carbonyl (C=O) groups excluding carboxylic acids is 2. The van der Waals surface area contributed by atoms with Crippen LogP contribution in [-0.2, 0) is 17.6 Å². The summed E-state index contributed by atoms with van der Waals surface area (Å²) in [6.45, 7) is 0.511. The first-order chi connectivity index (χ1) is 15.1. The Morgan fingerprint density at radius 1 is 1.03 bits per heavy atom. The van der Waals surface area contributed by atoms with E-state index in [1.54, 1.807) is 12.1 Å². The van der Waals surface area contributed by atoms with Crippen molar-refractivity contribution in [1.82, 2.24) is 25.2 Å². The first-order valence-electron chi connectivity index (χ1n) is 9.69. The van der Waals surface area contributed by atoms with E-state index >= 15 is 0 Å². The van der Waals surface area contributed by atoms with E-state index in [1.807, 2.05) is 48.5 Å². The molecular formula is C22H20N6O3. The van der Waals surface area contributed by atoms with E-state index in [0.29, 0.717) is 17.9 Å². The van der Waals surface area contributed by atoms with E-state index in [4.69, 9.17) is 10.3 Å². The van der Waals surface area contributed by atoms with Gasteiger partial charge in [0, 0.05) is 12.6 Å². The number of nitrogens with zero attached hydrogens (tertiary/aromatic N) is 4. The summed E-state index contributed by atoms with van der Waals surface area (Å²) >= 11 is 0. The highest BCUT2D eigenvalue weighted by Gasteiger charge is 2.20. The molecule has 0 unspecified atom stereocenters. The third-order valence-corrected chi connectivity index (χ3v) is 4.55. The molecule has 2 aromatic carbocycles. The lowest BCUT2D eigenvalue weighted by Crippen LogP contribution is -2.27. The number of nitrogens with one attached hydrogen (secondary N) is 1. The summed E-state index contributed by atoms with van der Waals surface area (Å²) in [5, 5.41) is 11.0. The maximum absolute atomic E-state index is 12.2. The molecule has 2 heterocycles. The van der Waals surface area contributed by atoms with Crippen LogP contribution in [0.15, 0.2) is 71.3 Å². The summed E-state index contributed by atoms with van der Waals surface area (Å²) in [6, 6.07) is 20.4. The van der Waals surface area contributed by atoms with Crippen molar-refractivity contribution in [3.05, 3.63) is 83.8 Å². The number of amides is 2. The SMILES string of the molecule is NC(=O)c1cc(-c2nc(CC(=O)NCCc3ccccc3)no2)nn1-c1ccccc1. The Hall–Kier alpha value is -4.27. The molecule has 4 aromatic rings. The van der Waals surface area contributed by atoms with Crippen molar-refractivity contribution in [2.75, 3.05) is 6.54 Å². The molecule has 0 aliphatic heterocycles. The zero-order chi connectivity index (χ0) is 21.6. The van der Waals surface area contributed by atoms with Gasteiger partial charge in [0.1, 0.15) is 5.69 Å². The number of benzene rings is 2. The predicted molar refractivity (Wildman–Crippen MR) is 112 cm³/mol. The number of para-hydroxylation sites is 1. The first-order valence-corrected chi connectivity index (χ1v) is 9.69. The molecule has 156 valence electrons. The van der Waals surface area contributed by atoms with Crippen LogP contribution in [-0.4, -0.2) is 38.3 Å². The van der Waals surface area contributed by atoms with Crippen LogP contribution >= 0.6 is 0 Å². The number of carbonyl (C=O) groups is 2. The Balaban J connectivity index is 1.42. The molecule has 0 fully saturated rings. The molecule has 31 heavy (non-hydrogen) atoms. The second kappa shape index (κ2) is 9.04. The standard InChI is InChI=1S/C22H20N6O3/c23-21(30)18-13-17(26-28(18)16-9-5-2-6-10-16)22-25-19(27-31-22)14-20(29)24-12-11-15-7-3-1-4-8-15/h1-10,13H,11-12,14H2,(H2,23,30)(H,24,29). The van der Waals surface area contributed by atoms with Crippen LogP contribution in [0.25, 0.3) is 17.3 Å². The van der Waals surface area contributed by atoms with Crippen molar-refractivity contribution in [1.29, 1.82) is 0 Å². The molecule has 0 spiro atoms. The average Bonchev–Trinajstić information content (AvgIpc) is 3.42. The zero-order valence-electron chi connectivity index (χ0n) is 16.6. The minimum Gasteiger partial charge on any atom is -0.364 e. The smallest absolute Gasteiger partial charge is 0.278 e. The highest BCUT2D eigenvalue weighted by molar-refractivity contribution is 5.92. The summed E-state index contributed by atoms with van der Waals surface area (Å²) < 4.78 is 6.65. The largest absolute Gasteiger partial charge is 0.364 e. The van der Waals surface area contributed by atoms with Crippen molar-refractivity contribution in [2.45, 2.75) is 12.8 Å². The molecule has 0 aliphatic rings. The van der Waals surface area contributed by atoms with Crippen LogP contribution in [0.5, 0.6) is 0 Å². The van der Waals surface area contributed by atoms with E-state index in [2.05, 4.69) is 20.6 Å². The minimum absolute atomic E-state index is 0.0274. The van der Waals surface area contributed by atoms with Crippen molar-refractivity contribution in [3.63, 3.8) is 0 Å². The van der Waals surface area contributed by atoms with Crippen molar-refractivity contribution in [2.24, 2.45) is 5.73 Å². The van der Waals surface area contributed by atoms with Gasteiger partial charge in [0.05, 0.1) is 12.1 Å². The second-order valence-corrected chi connectivity index (χ2v) is 6.80. The van der Waals surface area contributed by atoms with Crippen LogP contribution in [0.4, 0.5) is 0 Å². The minimum atomic E-state index is -0.639. The number of rotatable bonds is 8. The van der Waals surface area contributed by atoms with Crippen LogP contribution in [0, 0.1) is 0 Å². The Morgan fingerprint density at radius 2 is 1.74 bits per heavy atom. The predicted octanol–water partition coefficient (Wildman–Crippen LogP) is 1.92. The quantitative estimate of drug-likeness (QED) is 0.451. The van der Waals surface area contributed by atoms with Gasteiger partial charge in [-0.25, -0.2) is 4.68 Å². The molecular weight excluding hydrogens is 396 g/mol. The third kappa shape index (κ3) is 4.84. The number of hydrogen-bond donors (Lipinski definition) is 2. The van der Waals surface area contributed by atoms with Crippen LogP contribution in [0.1, 0.15) is 21.9 Å². The van der Waals surface area contributed by atoms with E-state index < -0.39 is 5.91 Å². The number of nitrogens with two attached hydrogens (primary N) is 1. The lowest BCUT2D eigenvalue weighted by molar-refractivity contribution is -0.120. The fourth-order valence-corrected chi connectivity index (χ4v) is 3.05. The van der Waals surface area contributed by atoms with Gasteiger partial charge in [-0.15, -0.1) is 0 Å². The van der Waals surface area contributed by atoms with E-state index in [9.17, 15) is 9.59 Å². The fourth-order valence-electron chi connectivity index (χ4n) is 3.05. The van der Waals surface area contributed by atoms with Gasteiger partial charge in [0.15, 0.2) is 11.5 Å². The highest BCUT2D eigenvalue weighted by Crippen LogP contribution is 2.20. The summed E-state index contributed by atoms with van der Waals surface area (Å²) in [5.41, 5.74) is 7.77. The molecule has 9 nitrogen and oxygen atoms in total. The van der Waals surface area contributed by atoms with Gasteiger partial charge in [-0.05, 0) is 24.1 Å². The molecule has 2 aromatic heterocycles. The Kier molecular flexibility index (Phi) is 5.84. The topological polar surface area (TPSA) is 129 Å². The fraction of sp³-hybridized carbons (Fsp3) is 0.136. The molecule has 0 saturated heterocycles. The van der Waals surface area contributed by atoms with Gasteiger partial charge >= 0.3 is 0 Å². The summed E-state index contributed by atoms with van der Waals surface area (Å²) in [7, 11) is 0. The van der Waals surface area contributed by atoms with Gasteiger partial charge in [0.25, 0.3) is 11.8 Å². The lowest BCUT2D eigenvalue weighted by Gasteiger charge is -2.03. The van der Waals surface area contributed by atoms with Crippen molar-refractivity contribution < 1.29 is 14.1 Å². The molecule has 0 bridgehead atoms. The number of primary amides is 1. The Bertz CT molecular complexity index is 1180. The van der Waals surface area contributed by atoms with Gasteiger partial charge in [-0.2, -0.15) is 10.1 Å². The first kappa shape index (κ1) is 20.0. The van der Waals surface area contributed by atoms with Gasteiger partial charge < -0.3 is 15.6 Å². The van der Waals surface area contributed by atoms with Crippen LogP contribution < -0.4 is 11.1 Å². The normalized spacial score (nSPS) is 10.7. The third-order valence-electron chi connectivity index (χ3n) is 4.55. The average molecular weight is 416 g/mol. The van der Waals surface area contributed by atoms with Crippen LogP contribution in [0.2, 0.25) is 0 Å². The summed E-state index contributed by atoms with van der Waals surface area (Å²) in [4.78, 5) is 28.2. The van der Waals surface area contributed by atoms with Crippen molar-refractivity contribution >= 4 is 11.8 Å². The lowest BCUT2D eigenvalue weighted by atomic mass is 10.1. The Labute approximate surface area is 177 Å². The molecule has 0 saturated carbocycles. The molecule has 2 amide bonds. The Morgan fingerprint density at radius 3 is 2.45 bits per heavy atom. The summed E-state index contributed by atoms with van der Waals surface area (Å²) in [5.74, 6) is -0.526. The summed E-state index contributed by atoms with van der Waals surface area (Å²) in [6.07, 6.45) is 0.706. The molecule has 0 atom stereocenters. The monoisotopic (exact) mass is 416 g/mol. The maximum atomic E-state index is 12.2. The number of aromatic nitrogens is 4. The molecule has 0 aliphatic carbocycles. The van der Waals surface area contributed by atoms with Gasteiger partial charge in [0.2, 0.25) is 5.91 Å². The maximum Gasteiger partial charge on any atom is 0.278 e. The van der Waals surface area contributed by atoms with E-state index in [1.165, 1.54) is 10.7 Å². The zero-order valence-corrected chi connectivity index (χ0v) is 16.6. The molecule has 3 N–H and O–H groups in total. The highest BCUT2D eigenvalue weighted by atomic mass is 16.5.